The second kappa shape index (κ2) is 7.32. The summed E-state index contributed by atoms with van der Waals surface area (Å²) in [6.45, 7) is 4.60. The molecule has 0 amide bonds. The summed E-state index contributed by atoms with van der Waals surface area (Å²) in [6, 6.07) is 7.08. The lowest BCUT2D eigenvalue weighted by Gasteiger charge is -2.19. The van der Waals surface area contributed by atoms with Crippen molar-refractivity contribution >= 4 is 10.0 Å². The zero-order valence-corrected chi connectivity index (χ0v) is 12.4. The van der Waals surface area contributed by atoms with E-state index in [1.807, 2.05) is 19.1 Å². The summed E-state index contributed by atoms with van der Waals surface area (Å²) in [7, 11) is -3.47. The summed E-state index contributed by atoms with van der Waals surface area (Å²) in [5, 5.41) is 0. The number of benzene rings is 1. The molecule has 0 bridgehead atoms. The average Bonchev–Trinajstić information content (AvgIpc) is 2.39. The molecule has 0 unspecified atom stereocenters. The Balaban J connectivity index is 3.01. The maximum atomic E-state index is 12.4. The Bertz CT molecular complexity index is 526. The van der Waals surface area contributed by atoms with Crippen molar-refractivity contribution in [3.05, 3.63) is 29.8 Å². The van der Waals surface area contributed by atoms with Crippen LogP contribution in [0.1, 0.15) is 32.3 Å². The molecular weight excluding hydrogens is 258 g/mol. The van der Waals surface area contributed by atoms with Gasteiger partial charge in [0.2, 0.25) is 10.0 Å². The van der Waals surface area contributed by atoms with Crippen LogP contribution in [0.2, 0.25) is 0 Å². The third-order valence-electron chi connectivity index (χ3n) is 2.84. The van der Waals surface area contributed by atoms with Gasteiger partial charge in [-0.1, -0.05) is 38.3 Å². The fourth-order valence-corrected chi connectivity index (χ4v) is 3.35. The van der Waals surface area contributed by atoms with Crippen molar-refractivity contribution in [1.29, 1.82) is 0 Å². The topological polar surface area (TPSA) is 37.4 Å². The molecule has 0 aliphatic rings. The van der Waals surface area contributed by atoms with Crippen LogP contribution in [-0.2, 0) is 16.4 Å². The van der Waals surface area contributed by atoms with Crippen LogP contribution in [0.4, 0.5) is 0 Å². The smallest absolute Gasteiger partial charge is 0.207 e. The summed E-state index contributed by atoms with van der Waals surface area (Å²) < 4.78 is 26.2. The highest BCUT2D eigenvalue weighted by Gasteiger charge is 2.22. The maximum Gasteiger partial charge on any atom is 0.243 e. The second-order valence-electron chi connectivity index (χ2n) is 4.44. The Morgan fingerprint density at radius 1 is 1.16 bits per heavy atom. The number of nitrogens with zero attached hydrogens (tertiary/aromatic N) is 1. The van der Waals surface area contributed by atoms with Crippen LogP contribution in [0, 0.1) is 12.3 Å². The SMILES string of the molecule is C#CCN(CCC)S(=O)(=O)c1ccc(CCC)cc1. The Morgan fingerprint density at radius 2 is 1.79 bits per heavy atom. The lowest BCUT2D eigenvalue weighted by atomic mass is 10.1. The standard InChI is InChI=1S/C15H21NO2S/c1-4-7-14-8-10-15(11-9-14)19(17,18)16(12-5-2)13-6-3/h2,8-11H,4,6-7,12-13H2,1,3H3. The Labute approximate surface area is 116 Å². The van der Waals surface area contributed by atoms with Crippen molar-refractivity contribution in [2.24, 2.45) is 0 Å². The van der Waals surface area contributed by atoms with E-state index in [1.165, 1.54) is 4.31 Å². The Kier molecular flexibility index (Phi) is 6.07. The molecule has 3 nitrogen and oxygen atoms in total. The highest BCUT2D eigenvalue weighted by atomic mass is 32.2. The van der Waals surface area contributed by atoms with E-state index in [1.54, 1.807) is 12.1 Å². The molecule has 0 radical (unpaired) electrons. The van der Waals surface area contributed by atoms with Gasteiger partial charge in [0.25, 0.3) is 0 Å². The molecule has 0 fully saturated rings. The first-order valence-electron chi connectivity index (χ1n) is 6.58. The van der Waals surface area contributed by atoms with Gasteiger partial charge < -0.3 is 0 Å². The van der Waals surface area contributed by atoms with Gasteiger partial charge >= 0.3 is 0 Å². The van der Waals surface area contributed by atoms with Crippen molar-refractivity contribution in [2.75, 3.05) is 13.1 Å². The Morgan fingerprint density at radius 3 is 2.26 bits per heavy atom. The first kappa shape index (κ1) is 15.7. The van der Waals surface area contributed by atoms with E-state index < -0.39 is 10.0 Å². The van der Waals surface area contributed by atoms with E-state index in [4.69, 9.17) is 6.42 Å². The highest BCUT2D eigenvalue weighted by molar-refractivity contribution is 7.89. The molecule has 0 saturated heterocycles. The molecule has 1 aromatic carbocycles. The summed E-state index contributed by atoms with van der Waals surface area (Å²) in [6.07, 6.45) is 8.00. The zero-order valence-electron chi connectivity index (χ0n) is 11.6. The predicted molar refractivity (Wildman–Crippen MR) is 78.3 cm³/mol. The molecule has 19 heavy (non-hydrogen) atoms. The molecule has 1 aromatic rings. The molecule has 1 rings (SSSR count). The van der Waals surface area contributed by atoms with E-state index >= 15 is 0 Å². The molecule has 0 aliphatic carbocycles. The number of terminal acetylenes is 1. The van der Waals surface area contributed by atoms with Gasteiger partial charge in [-0.25, -0.2) is 8.42 Å². The summed E-state index contributed by atoms with van der Waals surface area (Å²) in [4.78, 5) is 0.316. The van der Waals surface area contributed by atoms with Gasteiger partial charge in [-0.2, -0.15) is 4.31 Å². The largest absolute Gasteiger partial charge is 0.243 e. The minimum absolute atomic E-state index is 0.118. The highest BCUT2D eigenvalue weighted by Crippen LogP contribution is 2.17. The monoisotopic (exact) mass is 279 g/mol. The summed E-state index contributed by atoms with van der Waals surface area (Å²) >= 11 is 0. The van der Waals surface area contributed by atoms with E-state index in [0.717, 1.165) is 24.8 Å². The lowest BCUT2D eigenvalue weighted by molar-refractivity contribution is 0.445. The third-order valence-corrected chi connectivity index (χ3v) is 4.70. The van der Waals surface area contributed by atoms with Crippen LogP contribution in [0.3, 0.4) is 0 Å². The van der Waals surface area contributed by atoms with Crippen LogP contribution in [-0.4, -0.2) is 25.8 Å². The number of rotatable bonds is 7. The molecule has 104 valence electrons. The normalized spacial score (nSPS) is 11.5. The van der Waals surface area contributed by atoms with Crippen LogP contribution >= 0.6 is 0 Å². The molecule has 0 N–H and O–H groups in total. The van der Waals surface area contributed by atoms with E-state index in [9.17, 15) is 8.42 Å². The van der Waals surface area contributed by atoms with Gasteiger partial charge in [0.1, 0.15) is 0 Å². The molecule has 0 atom stereocenters. The van der Waals surface area contributed by atoms with Crippen molar-refractivity contribution < 1.29 is 8.42 Å². The summed E-state index contributed by atoms with van der Waals surface area (Å²) in [5.74, 6) is 2.41. The Hall–Kier alpha value is -1.31. The van der Waals surface area contributed by atoms with Crippen molar-refractivity contribution in [3.8, 4) is 12.3 Å². The molecule has 0 spiro atoms. The lowest BCUT2D eigenvalue weighted by Crippen LogP contribution is -2.32. The van der Waals surface area contributed by atoms with Gasteiger partial charge in [0, 0.05) is 6.54 Å². The van der Waals surface area contributed by atoms with Crippen LogP contribution in [0.25, 0.3) is 0 Å². The zero-order chi connectivity index (χ0) is 14.3. The molecular formula is C15H21NO2S. The fourth-order valence-electron chi connectivity index (χ4n) is 1.90. The second-order valence-corrected chi connectivity index (χ2v) is 6.37. The number of hydrogen-bond acceptors (Lipinski definition) is 2. The van der Waals surface area contributed by atoms with Crippen LogP contribution in [0.15, 0.2) is 29.2 Å². The van der Waals surface area contributed by atoms with Crippen molar-refractivity contribution in [2.45, 2.75) is 38.0 Å². The molecule has 0 aromatic heterocycles. The van der Waals surface area contributed by atoms with Crippen molar-refractivity contribution in [1.82, 2.24) is 4.31 Å². The van der Waals surface area contributed by atoms with Gasteiger partial charge in [-0.15, -0.1) is 6.42 Å². The molecule has 0 aliphatic heterocycles. The van der Waals surface area contributed by atoms with Gasteiger partial charge in [0.05, 0.1) is 11.4 Å². The maximum absolute atomic E-state index is 12.4. The van der Waals surface area contributed by atoms with Crippen molar-refractivity contribution in [3.63, 3.8) is 0 Å². The fraction of sp³-hybridized carbons (Fsp3) is 0.467. The first-order valence-corrected chi connectivity index (χ1v) is 8.02. The van der Waals surface area contributed by atoms with E-state index in [-0.39, 0.29) is 6.54 Å². The minimum Gasteiger partial charge on any atom is -0.207 e. The minimum atomic E-state index is -3.47. The molecule has 0 saturated carbocycles. The van der Waals surface area contributed by atoms with E-state index in [2.05, 4.69) is 12.8 Å². The quantitative estimate of drug-likeness (QED) is 0.720. The number of sulfonamides is 1. The number of aryl methyl sites for hydroxylation is 1. The number of hydrogen-bond donors (Lipinski definition) is 0. The summed E-state index contributed by atoms with van der Waals surface area (Å²) in [5.41, 5.74) is 1.15. The van der Waals surface area contributed by atoms with Gasteiger partial charge in [-0.05, 0) is 30.5 Å². The van der Waals surface area contributed by atoms with Gasteiger partial charge in [0.15, 0.2) is 0 Å². The average molecular weight is 279 g/mol. The van der Waals surface area contributed by atoms with Crippen LogP contribution < -0.4 is 0 Å². The molecule has 0 heterocycles. The third kappa shape index (κ3) is 4.09. The first-order chi connectivity index (χ1) is 9.06. The molecule has 4 heteroatoms. The predicted octanol–water partition coefficient (Wildman–Crippen LogP) is 2.67. The van der Waals surface area contributed by atoms with Crippen LogP contribution in [0.5, 0.6) is 0 Å². The van der Waals surface area contributed by atoms with E-state index in [0.29, 0.717) is 11.4 Å². The van der Waals surface area contributed by atoms with Gasteiger partial charge in [-0.3, -0.25) is 0 Å².